The van der Waals surface area contributed by atoms with E-state index in [0.717, 1.165) is 19.4 Å². The third-order valence-corrected chi connectivity index (χ3v) is 4.84. The fourth-order valence-electron chi connectivity index (χ4n) is 2.89. The summed E-state index contributed by atoms with van der Waals surface area (Å²) in [5.41, 5.74) is 2.63. The average molecular weight is 322 g/mol. The second-order valence-corrected chi connectivity index (χ2v) is 6.27. The number of hydrogen-bond donors (Lipinski definition) is 1. The molecule has 0 aliphatic carbocycles. The predicted octanol–water partition coefficient (Wildman–Crippen LogP) is 5.10. The third kappa shape index (κ3) is 3.79. The molecule has 0 saturated heterocycles. The van der Waals surface area contributed by atoms with Crippen LogP contribution >= 0.6 is 23.2 Å². The monoisotopic (exact) mass is 321 g/mol. The standard InChI is InChI=1S/C18H21Cl2N/c1-3-18(13-21-2,15-7-5-4-6-8-15)12-14-9-10-16(19)17(20)11-14/h4-11,21H,3,12-13H2,1-2H3. The number of benzene rings is 2. The third-order valence-electron chi connectivity index (χ3n) is 4.10. The number of rotatable bonds is 6. The van der Waals surface area contributed by atoms with E-state index >= 15 is 0 Å². The van der Waals surface area contributed by atoms with Crippen molar-refractivity contribution in [1.82, 2.24) is 5.32 Å². The van der Waals surface area contributed by atoms with Crippen LogP contribution in [0.1, 0.15) is 24.5 Å². The van der Waals surface area contributed by atoms with Crippen molar-refractivity contribution < 1.29 is 0 Å². The van der Waals surface area contributed by atoms with Crippen LogP contribution in [0.5, 0.6) is 0 Å². The molecule has 1 nitrogen and oxygen atoms in total. The highest BCUT2D eigenvalue weighted by molar-refractivity contribution is 6.42. The van der Waals surface area contributed by atoms with E-state index in [1.807, 2.05) is 19.2 Å². The Morgan fingerprint density at radius 2 is 1.71 bits per heavy atom. The number of likely N-dealkylation sites (N-methyl/N-ethyl adjacent to an activating group) is 1. The molecule has 21 heavy (non-hydrogen) atoms. The molecule has 1 N–H and O–H groups in total. The summed E-state index contributed by atoms with van der Waals surface area (Å²) < 4.78 is 0. The van der Waals surface area contributed by atoms with Crippen molar-refractivity contribution in [3.63, 3.8) is 0 Å². The van der Waals surface area contributed by atoms with Crippen molar-refractivity contribution in [3.05, 3.63) is 69.7 Å². The van der Waals surface area contributed by atoms with Gasteiger partial charge in [0.25, 0.3) is 0 Å². The lowest BCUT2D eigenvalue weighted by atomic mass is 9.73. The molecule has 0 aliphatic heterocycles. The van der Waals surface area contributed by atoms with E-state index in [1.165, 1.54) is 11.1 Å². The molecule has 0 spiro atoms. The van der Waals surface area contributed by atoms with Crippen molar-refractivity contribution >= 4 is 23.2 Å². The van der Waals surface area contributed by atoms with Crippen molar-refractivity contribution in [1.29, 1.82) is 0 Å². The maximum absolute atomic E-state index is 6.16. The molecular weight excluding hydrogens is 301 g/mol. The molecule has 112 valence electrons. The lowest BCUT2D eigenvalue weighted by molar-refractivity contribution is 0.391. The highest BCUT2D eigenvalue weighted by Gasteiger charge is 2.30. The van der Waals surface area contributed by atoms with E-state index in [1.54, 1.807) is 0 Å². The summed E-state index contributed by atoms with van der Waals surface area (Å²) in [6.07, 6.45) is 1.99. The first-order valence-corrected chi connectivity index (χ1v) is 8.01. The van der Waals surface area contributed by atoms with Crippen LogP contribution < -0.4 is 5.32 Å². The molecule has 0 fully saturated rings. The molecule has 0 saturated carbocycles. The Bertz CT molecular complexity index is 583. The maximum atomic E-state index is 6.16. The van der Waals surface area contributed by atoms with Crippen molar-refractivity contribution in [3.8, 4) is 0 Å². The summed E-state index contributed by atoms with van der Waals surface area (Å²) in [5, 5.41) is 4.57. The first kappa shape index (κ1) is 16.4. The van der Waals surface area contributed by atoms with E-state index in [2.05, 4.69) is 48.6 Å². The van der Waals surface area contributed by atoms with Gasteiger partial charge in [-0.1, -0.05) is 66.5 Å². The van der Waals surface area contributed by atoms with Crippen LogP contribution in [-0.4, -0.2) is 13.6 Å². The van der Waals surface area contributed by atoms with Gasteiger partial charge in [0.05, 0.1) is 10.0 Å². The number of halogens is 2. The minimum Gasteiger partial charge on any atom is -0.319 e. The molecule has 0 aromatic heterocycles. The molecule has 2 aromatic carbocycles. The van der Waals surface area contributed by atoms with Crippen molar-refractivity contribution in [2.24, 2.45) is 0 Å². The molecule has 0 radical (unpaired) electrons. The highest BCUT2D eigenvalue weighted by Crippen LogP contribution is 2.33. The second-order valence-electron chi connectivity index (χ2n) is 5.46. The molecular formula is C18H21Cl2N. The lowest BCUT2D eigenvalue weighted by Gasteiger charge is -2.34. The number of nitrogens with one attached hydrogen (secondary N) is 1. The fraction of sp³-hybridized carbons (Fsp3) is 0.333. The molecule has 0 aliphatic rings. The first-order chi connectivity index (χ1) is 10.1. The van der Waals surface area contributed by atoms with Gasteiger partial charge in [0, 0.05) is 12.0 Å². The average Bonchev–Trinajstić information content (AvgIpc) is 2.51. The molecule has 2 aromatic rings. The normalized spacial score (nSPS) is 13.9. The van der Waals surface area contributed by atoms with E-state index in [-0.39, 0.29) is 5.41 Å². The van der Waals surface area contributed by atoms with E-state index in [4.69, 9.17) is 23.2 Å². The SMILES string of the molecule is CCC(CNC)(Cc1ccc(Cl)c(Cl)c1)c1ccccc1. The number of hydrogen-bond acceptors (Lipinski definition) is 1. The summed E-state index contributed by atoms with van der Waals surface area (Å²) in [4.78, 5) is 0. The van der Waals surface area contributed by atoms with E-state index < -0.39 is 0 Å². The van der Waals surface area contributed by atoms with Crippen molar-refractivity contribution in [2.45, 2.75) is 25.2 Å². The van der Waals surface area contributed by atoms with Gasteiger partial charge in [0.2, 0.25) is 0 Å². The van der Waals surface area contributed by atoms with Gasteiger partial charge in [-0.15, -0.1) is 0 Å². The lowest BCUT2D eigenvalue weighted by Crippen LogP contribution is -2.38. The Morgan fingerprint density at radius 1 is 1.00 bits per heavy atom. The smallest absolute Gasteiger partial charge is 0.0595 e. The summed E-state index contributed by atoms with van der Waals surface area (Å²) in [7, 11) is 2.00. The van der Waals surface area contributed by atoms with Gasteiger partial charge in [-0.05, 0) is 43.1 Å². The Morgan fingerprint density at radius 3 is 2.29 bits per heavy atom. The molecule has 1 atom stereocenters. The first-order valence-electron chi connectivity index (χ1n) is 7.25. The predicted molar refractivity (Wildman–Crippen MR) is 92.5 cm³/mol. The quantitative estimate of drug-likeness (QED) is 0.780. The molecule has 0 amide bonds. The van der Waals surface area contributed by atoms with Gasteiger partial charge in [-0.25, -0.2) is 0 Å². The summed E-state index contributed by atoms with van der Waals surface area (Å²) in [6.45, 7) is 3.16. The van der Waals surface area contributed by atoms with Gasteiger partial charge < -0.3 is 5.32 Å². The Kier molecular flexibility index (Phi) is 5.69. The molecule has 0 heterocycles. The van der Waals surface area contributed by atoms with Crippen LogP contribution in [0.25, 0.3) is 0 Å². The molecule has 1 unspecified atom stereocenters. The zero-order chi connectivity index (χ0) is 15.3. The second kappa shape index (κ2) is 7.31. The zero-order valence-corrected chi connectivity index (χ0v) is 14.0. The molecule has 3 heteroatoms. The fourth-order valence-corrected chi connectivity index (χ4v) is 3.21. The highest BCUT2D eigenvalue weighted by atomic mass is 35.5. The molecule has 2 rings (SSSR count). The maximum Gasteiger partial charge on any atom is 0.0595 e. The summed E-state index contributed by atoms with van der Waals surface area (Å²) >= 11 is 12.2. The Balaban J connectivity index is 2.38. The van der Waals surface area contributed by atoms with Crippen LogP contribution in [0.2, 0.25) is 10.0 Å². The minimum atomic E-state index is 0.0627. The van der Waals surface area contributed by atoms with Gasteiger partial charge in [-0.3, -0.25) is 0 Å². The molecule has 0 bridgehead atoms. The minimum absolute atomic E-state index is 0.0627. The van der Waals surface area contributed by atoms with E-state index in [9.17, 15) is 0 Å². The van der Waals surface area contributed by atoms with Gasteiger partial charge in [0.1, 0.15) is 0 Å². The van der Waals surface area contributed by atoms with Crippen LogP contribution in [0, 0.1) is 0 Å². The van der Waals surface area contributed by atoms with Crippen molar-refractivity contribution in [2.75, 3.05) is 13.6 Å². The van der Waals surface area contributed by atoms with Crippen LogP contribution in [-0.2, 0) is 11.8 Å². The Labute approximate surface area is 137 Å². The van der Waals surface area contributed by atoms with Gasteiger partial charge >= 0.3 is 0 Å². The summed E-state index contributed by atoms with van der Waals surface area (Å²) in [5.74, 6) is 0. The topological polar surface area (TPSA) is 12.0 Å². The van der Waals surface area contributed by atoms with Gasteiger partial charge in [-0.2, -0.15) is 0 Å². The van der Waals surface area contributed by atoms with Crippen LogP contribution in [0.3, 0.4) is 0 Å². The van der Waals surface area contributed by atoms with Crippen LogP contribution in [0.15, 0.2) is 48.5 Å². The summed E-state index contributed by atoms with van der Waals surface area (Å²) in [6, 6.07) is 16.6. The zero-order valence-electron chi connectivity index (χ0n) is 12.5. The Hall–Kier alpha value is -1.02. The van der Waals surface area contributed by atoms with Crippen LogP contribution in [0.4, 0.5) is 0 Å². The van der Waals surface area contributed by atoms with Gasteiger partial charge in [0.15, 0.2) is 0 Å². The largest absolute Gasteiger partial charge is 0.319 e. The van der Waals surface area contributed by atoms with E-state index in [0.29, 0.717) is 10.0 Å².